The van der Waals surface area contributed by atoms with Gasteiger partial charge in [-0.25, -0.2) is 4.98 Å². The zero-order valence-electron chi connectivity index (χ0n) is 14.2. The number of imidazole rings is 1. The van der Waals surface area contributed by atoms with Crippen molar-refractivity contribution < 1.29 is 9.69 Å². The Balaban J connectivity index is 1.37. The van der Waals surface area contributed by atoms with Crippen molar-refractivity contribution in [3.05, 3.63) is 30.1 Å². The molecule has 5 heteroatoms. The largest absolute Gasteiger partial charge is 0.348 e. The number of carbonyl (C=O) groups is 1. The van der Waals surface area contributed by atoms with Crippen LogP contribution >= 0.6 is 0 Å². The molecule has 0 bridgehead atoms. The first-order valence-electron chi connectivity index (χ1n) is 9.35. The lowest BCUT2D eigenvalue weighted by molar-refractivity contribution is -0.898. The fraction of sp³-hybridized carbons (Fsp3) is 0.579. The summed E-state index contributed by atoms with van der Waals surface area (Å²) in [7, 11) is 0. The number of nitrogens with one attached hydrogen (secondary N) is 3. The minimum absolute atomic E-state index is 0.224. The van der Waals surface area contributed by atoms with Crippen molar-refractivity contribution in [2.45, 2.75) is 50.5 Å². The predicted molar refractivity (Wildman–Crippen MR) is 94.0 cm³/mol. The van der Waals surface area contributed by atoms with E-state index in [-0.39, 0.29) is 5.91 Å². The van der Waals surface area contributed by atoms with Crippen molar-refractivity contribution in [2.75, 3.05) is 19.6 Å². The molecule has 1 aliphatic carbocycles. The number of nitrogens with zero attached hydrogens (tertiary/aromatic N) is 1. The number of hydrogen-bond acceptors (Lipinski definition) is 2. The average molecular weight is 327 g/mol. The van der Waals surface area contributed by atoms with E-state index in [1.165, 1.54) is 17.7 Å². The monoisotopic (exact) mass is 327 g/mol. The Labute approximate surface area is 142 Å². The molecule has 2 aliphatic rings. The molecule has 0 spiro atoms. The zero-order chi connectivity index (χ0) is 16.4. The molecule has 1 aromatic carbocycles. The highest BCUT2D eigenvalue weighted by molar-refractivity contribution is 5.77. The van der Waals surface area contributed by atoms with Crippen LogP contribution in [0.3, 0.4) is 0 Å². The SMILES string of the molecule is O=C(C[NH+]1CCC[C@@H](c2nc3ccccc3[nH]2)C1)NC1CCCC1. The molecule has 1 saturated heterocycles. The number of H-pyrrole nitrogens is 1. The summed E-state index contributed by atoms with van der Waals surface area (Å²) in [6.07, 6.45) is 7.15. The summed E-state index contributed by atoms with van der Waals surface area (Å²) < 4.78 is 0. The first kappa shape index (κ1) is 15.6. The number of fused-ring (bicyclic) bond motifs is 1. The van der Waals surface area contributed by atoms with E-state index in [4.69, 9.17) is 4.98 Å². The van der Waals surface area contributed by atoms with E-state index in [1.54, 1.807) is 0 Å². The second kappa shape index (κ2) is 6.93. The lowest BCUT2D eigenvalue weighted by atomic mass is 9.97. The van der Waals surface area contributed by atoms with Gasteiger partial charge >= 0.3 is 0 Å². The molecular weight excluding hydrogens is 300 g/mol. The van der Waals surface area contributed by atoms with Gasteiger partial charge in [0, 0.05) is 6.04 Å². The number of aromatic amines is 1. The lowest BCUT2D eigenvalue weighted by Gasteiger charge is -2.28. The Bertz CT molecular complexity index is 671. The summed E-state index contributed by atoms with van der Waals surface area (Å²) in [6, 6.07) is 8.62. The number of quaternary nitrogens is 1. The van der Waals surface area contributed by atoms with Gasteiger partial charge in [-0.2, -0.15) is 0 Å². The molecule has 0 radical (unpaired) electrons. The summed E-state index contributed by atoms with van der Waals surface area (Å²) in [4.78, 5) is 21.9. The molecule has 128 valence electrons. The van der Waals surface area contributed by atoms with E-state index in [0.717, 1.165) is 55.6 Å². The van der Waals surface area contributed by atoms with E-state index in [9.17, 15) is 4.79 Å². The van der Waals surface area contributed by atoms with Crippen LogP contribution in [-0.2, 0) is 4.79 Å². The van der Waals surface area contributed by atoms with E-state index < -0.39 is 0 Å². The summed E-state index contributed by atoms with van der Waals surface area (Å²) in [5.74, 6) is 1.74. The zero-order valence-corrected chi connectivity index (χ0v) is 14.2. The Morgan fingerprint density at radius 3 is 2.88 bits per heavy atom. The number of hydrogen-bond donors (Lipinski definition) is 3. The Kier molecular flexibility index (Phi) is 4.52. The van der Waals surface area contributed by atoms with Crippen molar-refractivity contribution in [3.8, 4) is 0 Å². The number of aromatic nitrogens is 2. The van der Waals surface area contributed by atoms with Crippen molar-refractivity contribution in [1.29, 1.82) is 0 Å². The molecule has 1 aromatic heterocycles. The number of para-hydroxylation sites is 2. The number of piperidine rings is 1. The van der Waals surface area contributed by atoms with Crippen LogP contribution in [0, 0.1) is 0 Å². The molecule has 3 N–H and O–H groups in total. The van der Waals surface area contributed by atoms with Gasteiger partial charge in [-0.05, 0) is 37.8 Å². The maximum Gasteiger partial charge on any atom is 0.275 e. The summed E-state index contributed by atoms with van der Waals surface area (Å²) in [6.45, 7) is 2.69. The van der Waals surface area contributed by atoms with Crippen LogP contribution in [0.2, 0.25) is 0 Å². The van der Waals surface area contributed by atoms with Crippen LogP contribution in [0.15, 0.2) is 24.3 Å². The summed E-state index contributed by atoms with van der Waals surface area (Å²) in [5.41, 5.74) is 2.15. The molecule has 1 unspecified atom stereocenters. The van der Waals surface area contributed by atoms with Gasteiger partial charge in [0.1, 0.15) is 5.82 Å². The molecule has 2 heterocycles. The van der Waals surface area contributed by atoms with Gasteiger partial charge in [0.25, 0.3) is 5.91 Å². The van der Waals surface area contributed by atoms with Crippen molar-refractivity contribution in [1.82, 2.24) is 15.3 Å². The normalized spacial score (nSPS) is 25.2. The minimum Gasteiger partial charge on any atom is -0.348 e. The van der Waals surface area contributed by atoms with Gasteiger partial charge in [-0.1, -0.05) is 25.0 Å². The minimum atomic E-state index is 0.224. The van der Waals surface area contributed by atoms with Crippen molar-refractivity contribution >= 4 is 16.9 Å². The molecule has 1 aliphatic heterocycles. The standard InChI is InChI=1S/C19H26N4O/c24-18(20-15-7-1-2-8-15)13-23-11-5-6-14(12-23)19-21-16-9-3-4-10-17(16)22-19/h3-4,9-10,14-15H,1-2,5-8,11-13H2,(H,20,24)(H,21,22)/p+1/t14-/m1/s1. The fourth-order valence-corrected chi connectivity index (χ4v) is 4.29. The molecule has 2 aromatic rings. The molecule has 1 saturated carbocycles. The molecule has 2 fully saturated rings. The fourth-order valence-electron chi connectivity index (χ4n) is 4.29. The van der Waals surface area contributed by atoms with Crippen LogP contribution < -0.4 is 10.2 Å². The van der Waals surface area contributed by atoms with Crippen LogP contribution in [-0.4, -0.2) is 41.6 Å². The van der Waals surface area contributed by atoms with Gasteiger partial charge in [-0.3, -0.25) is 4.79 Å². The second-order valence-corrected chi connectivity index (χ2v) is 7.41. The van der Waals surface area contributed by atoms with Gasteiger partial charge < -0.3 is 15.2 Å². The highest BCUT2D eigenvalue weighted by Crippen LogP contribution is 2.22. The number of carbonyl (C=O) groups excluding carboxylic acids is 1. The number of rotatable bonds is 4. The van der Waals surface area contributed by atoms with Crippen molar-refractivity contribution in [3.63, 3.8) is 0 Å². The van der Waals surface area contributed by atoms with Crippen LogP contribution in [0.4, 0.5) is 0 Å². The molecule has 5 nitrogen and oxygen atoms in total. The average Bonchev–Trinajstić information content (AvgIpc) is 3.24. The summed E-state index contributed by atoms with van der Waals surface area (Å²) in [5, 5.41) is 3.22. The predicted octanol–water partition coefficient (Wildman–Crippen LogP) is 1.38. The first-order valence-corrected chi connectivity index (χ1v) is 9.35. The highest BCUT2D eigenvalue weighted by atomic mass is 16.2. The van der Waals surface area contributed by atoms with Gasteiger partial charge in [0.2, 0.25) is 0 Å². The van der Waals surface area contributed by atoms with Gasteiger partial charge in [0.05, 0.1) is 30.0 Å². The first-order chi connectivity index (χ1) is 11.8. The maximum absolute atomic E-state index is 12.3. The smallest absolute Gasteiger partial charge is 0.275 e. The molecular formula is C19H27N4O+. The van der Waals surface area contributed by atoms with E-state index in [2.05, 4.69) is 22.4 Å². The Morgan fingerprint density at radius 2 is 2.04 bits per heavy atom. The number of likely N-dealkylation sites (tertiary alicyclic amines) is 1. The molecule has 1 amide bonds. The highest BCUT2D eigenvalue weighted by Gasteiger charge is 2.28. The van der Waals surface area contributed by atoms with E-state index >= 15 is 0 Å². The third-order valence-electron chi connectivity index (χ3n) is 5.54. The third kappa shape index (κ3) is 3.46. The van der Waals surface area contributed by atoms with Gasteiger partial charge in [-0.15, -0.1) is 0 Å². The number of benzene rings is 1. The molecule has 2 atom stereocenters. The van der Waals surface area contributed by atoms with Crippen LogP contribution in [0.5, 0.6) is 0 Å². The number of amides is 1. The van der Waals surface area contributed by atoms with Crippen LogP contribution in [0.25, 0.3) is 11.0 Å². The lowest BCUT2D eigenvalue weighted by Crippen LogP contribution is -3.14. The Hall–Kier alpha value is -1.88. The quantitative estimate of drug-likeness (QED) is 0.794. The molecule has 4 rings (SSSR count). The second-order valence-electron chi connectivity index (χ2n) is 7.41. The van der Waals surface area contributed by atoms with Crippen molar-refractivity contribution in [2.24, 2.45) is 0 Å². The Morgan fingerprint density at radius 1 is 1.21 bits per heavy atom. The molecule has 24 heavy (non-hydrogen) atoms. The topological polar surface area (TPSA) is 62.2 Å². The van der Waals surface area contributed by atoms with Crippen LogP contribution in [0.1, 0.15) is 50.3 Å². The van der Waals surface area contributed by atoms with E-state index in [0.29, 0.717) is 18.5 Å². The maximum atomic E-state index is 12.3. The van der Waals surface area contributed by atoms with Gasteiger partial charge in [0.15, 0.2) is 6.54 Å². The third-order valence-corrected chi connectivity index (χ3v) is 5.54. The van der Waals surface area contributed by atoms with E-state index in [1.807, 2.05) is 12.1 Å². The summed E-state index contributed by atoms with van der Waals surface area (Å²) >= 11 is 0.